The monoisotopic (exact) mass is 347 g/mol. The highest BCUT2D eigenvalue weighted by Gasteiger charge is 2.36. The van der Waals surface area contributed by atoms with Crippen LogP contribution < -0.4 is 9.62 Å². The van der Waals surface area contributed by atoms with Gasteiger partial charge in [0.25, 0.3) is 0 Å². The van der Waals surface area contributed by atoms with Gasteiger partial charge in [-0.3, -0.25) is 0 Å². The number of anilines is 1. The van der Waals surface area contributed by atoms with Gasteiger partial charge in [-0.25, -0.2) is 13.1 Å². The number of piperidine rings is 1. The molecule has 23 heavy (non-hydrogen) atoms. The summed E-state index contributed by atoms with van der Waals surface area (Å²) in [4.78, 5) is 1.48. The van der Waals surface area contributed by atoms with Gasteiger partial charge in [-0.1, -0.05) is 0 Å². The number of nitriles is 1. The Hall–Kier alpha value is -1.79. The van der Waals surface area contributed by atoms with Crippen molar-refractivity contribution in [2.24, 2.45) is 0 Å². The van der Waals surface area contributed by atoms with Gasteiger partial charge in [-0.15, -0.1) is 0 Å². The van der Waals surface area contributed by atoms with E-state index in [-0.39, 0.29) is 17.8 Å². The van der Waals surface area contributed by atoms with E-state index in [1.54, 1.807) is 0 Å². The summed E-state index contributed by atoms with van der Waals surface area (Å²) in [6, 6.07) is 4.59. The Bertz CT molecular complexity index is 726. The molecule has 1 aliphatic heterocycles. The van der Waals surface area contributed by atoms with Crippen LogP contribution >= 0.6 is 0 Å². The number of benzene rings is 1. The van der Waals surface area contributed by atoms with Gasteiger partial charge >= 0.3 is 6.18 Å². The lowest BCUT2D eigenvalue weighted by Crippen LogP contribution is -2.47. The van der Waals surface area contributed by atoms with Crippen LogP contribution in [0.2, 0.25) is 0 Å². The van der Waals surface area contributed by atoms with E-state index < -0.39 is 27.8 Å². The van der Waals surface area contributed by atoms with Gasteiger partial charge in [0.05, 0.1) is 29.1 Å². The maximum atomic E-state index is 13.2. The van der Waals surface area contributed by atoms with Crippen molar-refractivity contribution in [1.82, 2.24) is 4.72 Å². The number of hydrogen-bond donors (Lipinski definition) is 1. The number of rotatable bonds is 3. The average molecular weight is 347 g/mol. The van der Waals surface area contributed by atoms with E-state index in [2.05, 4.69) is 4.72 Å². The zero-order chi connectivity index (χ0) is 17.3. The SMILES string of the molecule is CS(=O)(=O)N[C@@H]1CCCN(c2cc(C#N)ccc2C(F)(F)F)C1. The molecule has 5 nitrogen and oxygen atoms in total. The summed E-state index contributed by atoms with van der Waals surface area (Å²) in [5, 5.41) is 8.92. The summed E-state index contributed by atoms with van der Waals surface area (Å²) in [5.41, 5.74) is -0.778. The Morgan fingerprint density at radius 2 is 2.09 bits per heavy atom. The zero-order valence-corrected chi connectivity index (χ0v) is 13.2. The molecule has 0 spiro atoms. The number of nitrogens with zero attached hydrogens (tertiary/aromatic N) is 2. The Morgan fingerprint density at radius 3 is 2.65 bits per heavy atom. The predicted octanol–water partition coefficient (Wildman–Crippen LogP) is 2.10. The van der Waals surface area contributed by atoms with E-state index >= 15 is 0 Å². The van der Waals surface area contributed by atoms with Gasteiger partial charge in [0, 0.05) is 19.1 Å². The standard InChI is InChI=1S/C14H16F3N3O2S/c1-23(21,22)19-11-3-2-6-20(9-11)13-7-10(8-18)4-5-12(13)14(15,16)17/h4-5,7,11,19H,2-3,6,9H2,1H3/t11-/m1/s1. The number of sulfonamides is 1. The Balaban J connectivity index is 2.34. The second-order valence-electron chi connectivity index (χ2n) is 5.52. The van der Waals surface area contributed by atoms with Crippen LogP contribution in [0.1, 0.15) is 24.0 Å². The van der Waals surface area contributed by atoms with Crippen molar-refractivity contribution in [2.45, 2.75) is 25.1 Å². The lowest BCUT2D eigenvalue weighted by Gasteiger charge is -2.35. The fourth-order valence-electron chi connectivity index (χ4n) is 2.70. The smallest absolute Gasteiger partial charge is 0.369 e. The van der Waals surface area contributed by atoms with E-state index in [0.29, 0.717) is 19.4 Å². The minimum Gasteiger partial charge on any atom is -0.369 e. The molecular formula is C14H16F3N3O2S. The number of hydrogen-bond acceptors (Lipinski definition) is 4. The minimum atomic E-state index is -4.54. The summed E-state index contributed by atoms with van der Waals surface area (Å²) >= 11 is 0. The van der Waals surface area contributed by atoms with Crippen molar-refractivity contribution in [1.29, 1.82) is 5.26 Å². The fraction of sp³-hybridized carbons (Fsp3) is 0.500. The van der Waals surface area contributed by atoms with Gasteiger partial charge < -0.3 is 4.90 Å². The summed E-state index contributed by atoms with van der Waals surface area (Å²) in [7, 11) is -3.43. The van der Waals surface area contributed by atoms with Crippen molar-refractivity contribution in [3.8, 4) is 6.07 Å². The quantitative estimate of drug-likeness (QED) is 0.909. The third-order valence-corrected chi connectivity index (χ3v) is 4.34. The van der Waals surface area contributed by atoms with Crippen LogP contribution in [0, 0.1) is 11.3 Å². The first kappa shape index (κ1) is 17.6. The van der Waals surface area contributed by atoms with Crippen LogP contribution in [-0.2, 0) is 16.2 Å². The molecule has 0 amide bonds. The van der Waals surface area contributed by atoms with E-state index in [4.69, 9.17) is 5.26 Å². The Labute approximate surface area is 132 Å². The summed E-state index contributed by atoms with van der Waals surface area (Å²) in [5.74, 6) is 0. The van der Waals surface area contributed by atoms with Crippen molar-refractivity contribution >= 4 is 15.7 Å². The predicted molar refractivity (Wildman–Crippen MR) is 79.4 cm³/mol. The second-order valence-corrected chi connectivity index (χ2v) is 7.30. The topological polar surface area (TPSA) is 73.2 Å². The molecule has 126 valence electrons. The highest BCUT2D eigenvalue weighted by atomic mass is 32.2. The maximum absolute atomic E-state index is 13.2. The highest BCUT2D eigenvalue weighted by Crippen LogP contribution is 2.38. The molecule has 0 aromatic heterocycles. The number of nitrogens with one attached hydrogen (secondary N) is 1. The van der Waals surface area contributed by atoms with Gasteiger partial charge in [0.1, 0.15) is 0 Å². The molecule has 1 N–H and O–H groups in total. The van der Waals surface area contributed by atoms with Crippen LogP contribution in [0.15, 0.2) is 18.2 Å². The molecule has 1 aromatic carbocycles. The molecule has 1 aliphatic rings. The zero-order valence-electron chi connectivity index (χ0n) is 12.4. The summed E-state index contributed by atoms with van der Waals surface area (Å²) in [6.45, 7) is 0.505. The summed E-state index contributed by atoms with van der Waals surface area (Å²) in [6.07, 6.45) is -2.41. The number of halogens is 3. The molecule has 0 bridgehead atoms. The van der Waals surface area contributed by atoms with Gasteiger partial charge in [-0.05, 0) is 31.0 Å². The van der Waals surface area contributed by atoms with Crippen LogP contribution in [0.3, 0.4) is 0 Å². The first-order valence-corrected chi connectivity index (χ1v) is 8.83. The lowest BCUT2D eigenvalue weighted by atomic mass is 10.0. The molecule has 1 heterocycles. The van der Waals surface area contributed by atoms with Gasteiger partial charge in [0.15, 0.2) is 0 Å². The van der Waals surface area contributed by atoms with Crippen LogP contribution in [0.25, 0.3) is 0 Å². The molecule has 9 heteroatoms. The molecule has 1 saturated heterocycles. The summed E-state index contributed by atoms with van der Waals surface area (Å²) < 4.78 is 64.6. The van der Waals surface area contributed by atoms with E-state index in [1.807, 2.05) is 6.07 Å². The number of alkyl halides is 3. The largest absolute Gasteiger partial charge is 0.418 e. The minimum absolute atomic E-state index is 0.0865. The molecule has 0 aliphatic carbocycles. The van der Waals surface area contributed by atoms with Gasteiger partial charge in [-0.2, -0.15) is 18.4 Å². The van der Waals surface area contributed by atoms with E-state index in [1.165, 1.54) is 11.0 Å². The van der Waals surface area contributed by atoms with Gasteiger partial charge in [0.2, 0.25) is 10.0 Å². The molecule has 1 aromatic rings. The Morgan fingerprint density at radius 1 is 1.39 bits per heavy atom. The Kier molecular flexibility index (Phi) is 4.87. The van der Waals surface area contributed by atoms with Crippen molar-refractivity contribution in [3.05, 3.63) is 29.3 Å². The molecule has 2 rings (SSSR count). The van der Waals surface area contributed by atoms with Crippen molar-refractivity contribution in [3.63, 3.8) is 0 Å². The van der Waals surface area contributed by atoms with E-state index in [0.717, 1.165) is 18.4 Å². The van der Waals surface area contributed by atoms with E-state index in [9.17, 15) is 21.6 Å². The van der Waals surface area contributed by atoms with Crippen LogP contribution in [-0.4, -0.2) is 33.8 Å². The maximum Gasteiger partial charge on any atom is 0.418 e. The second kappa shape index (κ2) is 6.37. The fourth-order valence-corrected chi connectivity index (χ4v) is 3.50. The highest BCUT2D eigenvalue weighted by molar-refractivity contribution is 7.88. The molecule has 1 atom stereocenters. The molecule has 0 unspecified atom stereocenters. The van der Waals surface area contributed by atoms with Crippen LogP contribution in [0.5, 0.6) is 0 Å². The third kappa shape index (κ3) is 4.59. The first-order chi connectivity index (χ1) is 10.6. The molecule has 1 fully saturated rings. The lowest BCUT2D eigenvalue weighted by molar-refractivity contribution is -0.137. The third-order valence-electron chi connectivity index (χ3n) is 3.58. The first-order valence-electron chi connectivity index (χ1n) is 6.94. The molecular weight excluding hydrogens is 331 g/mol. The van der Waals surface area contributed by atoms with Crippen molar-refractivity contribution < 1.29 is 21.6 Å². The average Bonchev–Trinajstić information content (AvgIpc) is 2.44. The normalized spacial score (nSPS) is 19.4. The van der Waals surface area contributed by atoms with Crippen molar-refractivity contribution in [2.75, 3.05) is 24.2 Å². The molecule has 0 radical (unpaired) electrons. The molecule has 0 saturated carbocycles. The van der Waals surface area contributed by atoms with Crippen LogP contribution in [0.4, 0.5) is 18.9 Å².